The Kier molecular flexibility index (Phi) is 3.11. The molecule has 0 saturated carbocycles. The molecule has 1 aliphatic carbocycles. The van der Waals surface area contributed by atoms with Crippen LogP contribution >= 0.6 is 0 Å². The maximum absolute atomic E-state index is 11.2. The van der Waals surface area contributed by atoms with Crippen molar-refractivity contribution in [3.8, 4) is 0 Å². The minimum absolute atomic E-state index is 0.519. The summed E-state index contributed by atoms with van der Waals surface area (Å²) >= 11 is 0. The fourth-order valence-corrected chi connectivity index (χ4v) is 2.12. The van der Waals surface area contributed by atoms with E-state index < -0.39 is 17.4 Å². The maximum Gasteiger partial charge on any atom is 0.312 e. The van der Waals surface area contributed by atoms with Gasteiger partial charge in [0.25, 0.3) is 0 Å². The monoisotopic (exact) mass is 229 g/mol. The standard InChI is InChI=1S/C14H15NO2/c15-14(10-11-6-2-1-3-7-11)9-5-4-8-12(14)13(16)17/h1-9,12H,10,15H2,(H,16,17). The minimum atomic E-state index is -0.885. The second kappa shape index (κ2) is 4.55. The molecule has 2 atom stereocenters. The first kappa shape index (κ1) is 11.6. The Morgan fingerprint density at radius 2 is 2.00 bits per heavy atom. The lowest BCUT2D eigenvalue weighted by molar-refractivity contribution is -0.141. The Bertz CT molecular complexity index is 464. The van der Waals surface area contributed by atoms with Gasteiger partial charge >= 0.3 is 5.97 Å². The number of carboxylic acid groups (broad SMARTS) is 1. The second-order valence-corrected chi connectivity index (χ2v) is 4.33. The van der Waals surface area contributed by atoms with Crippen molar-refractivity contribution in [1.29, 1.82) is 0 Å². The van der Waals surface area contributed by atoms with E-state index in [0.29, 0.717) is 6.42 Å². The van der Waals surface area contributed by atoms with Gasteiger partial charge in [-0.2, -0.15) is 0 Å². The van der Waals surface area contributed by atoms with Gasteiger partial charge in [-0.15, -0.1) is 0 Å². The summed E-state index contributed by atoms with van der Waals surface area (Å²) in [5.74, 6) is -1.56. The third kappa shape index (κ3) is 2.45. The molecule has 3 nitrogen and oxygen atoms in total. The van der Waals surface area contributed by atoms with E-state index in [1.807, 2.05) is 36.4 Å². The van der Waals surface area contributed by atoms with E-state index in [4.69, 9.17) is 5.73 Å². The van der Waals surface area contributed by atoms with E-state index in [-0.39, 0.29) is 0 Å². The molecule has 0 heterocycles. The normalized spacial score (nSPS) is 27.0. The van der Waals surface area contributed by atoms with E-state index in [2.05, 4.69) is 0 Å². The van der Waals surface area contributed by atoms with Gasteiger partial charge in [0.1, 0.15) is 0 Å². The number of aliphatic carboxylic acids is 1. The van der Waals surface area contributed by atoms with E-state index in [1.165, 1.54) is 0 Å². The third-order valence-electron chi connectivity index (χ3n) is 3.02. The molecule has 0 saturated heterocycles. The molecule has 88 valence electrons. The summed E-state index contributed by atoms with van der Waals surface area (Å²) in [6.07, 6.45) is 7.48. The van der Waals surface area contributed by atoms with Crippen LogP contribution in [0, 0.1) is 5.92 Å². The van der Waals surface area contributed by atoms with Crippen molar-refractivity contribution in [1.82, 2.24) is 0 Å². The highest BCUT2D eigenvalue weighted by atomic mass is 16.4. The van der Waals surface area contributed by atoms with Crippen molar-refractivity contribution >= 4 is 5.97 Å². The van der Waals surface area contributed by atoms with Crippen LogP contribution in [-0.4, -0.2) is 16.6 Å². The van der Waals surface area contributed by atoms with Crippen molar-refractivity contribution in [3.05, 3.63) is 60.2 Å². The predicted octanol–water partition coefficient (Wildman–Crippen LogP) is 1.75. The molecule has 1 aromatic carbocycles. The van der Waals surface area contributed by atoms with Crippen molar-refractivity contribution in [2.75, 3.05) is 0 Å². The highest BCUT2D eigenvalue weighted by Crippen LogP contribution is 2.26. The van der Waals surface area contributed by atoms with Gasteiger partial charge in [0.2, 0.25) is 0 Å². The van der Waals surface area contributed by atoms with Gasteiger partial charge in [0.15, 0.2) is 0 Å². The molecule has 1 aliphatic rings. The number of nitrogens with two attached hydrogens (primary N) is 1. The summed E-state index contributed by atoms with van der Waals surface area (Å²) in [6.45, 7) is 0. The molecule has 2 unspecified atom stereocenters. The maximum atomic E-state index is 11.2. The lowest BCUT2D eigenvalue weighted by atomic mass is 9.77. The van der Waals surface area contributed by atoms with Crippen LogP contribution in [0.4, 0.5) is 0 Å². The van der Waals surface area contributed by atoms with Gasteiger partial charge in [-0.1, -0.05) is 54.6 Å². The van der Waals surface area contributed by atoms with Gasteiger partial charge < -0.3 is 10.8 Å². The minimum Gasteiger partial charge on any atom is -0.481 e. The van der Waals surface area contributed by atoms with Crippen LogP contribution in [0.3, 0.4) is 0 Å². The molecule has 3 N–H and O–H groups in total. The van der Waals surface area contributed by atoms with Crippen molar-refractivity contribution < 1.29 is 9.90 Å². The number of hydrogen-bond donors (Lipinski definition) is 2. The summed E-state index contributed by atoms with van der Waals surface area (Å²) in [4.78, 5) is 11.2. The van der Waals surface area contributed by atoms with Gasteiger partial charge in [0.05, 0.1) is 11.5 Å². The second-order valence-electron chi connectivity index (χ2n) is 4.33. The smallest absolute Gasteiger partial charge is 0.312 e. The van der Waals surface area contributed by atoms with Crippen molar-refractivity contribution in [2.24, 2.45) is 11.7 Å². The zero-order chi connectivity index (χ0) is 12.3. The molecule has 1 aromatic rings. The fraction of sp³-hybridized carbons (Fsp3) is 0.214. The van der Waals surface area contributed by atoms with E-state index in [9.17, 15) is 9.90 Å². The molecule has 0 amide bonds. The number of hydrogen-bond acceptors (Lipinski definition) is 2. The van der Waals surface area contributed by atoms with Crippen LogP contribution in [0.15, 0.2) is 54.6 Å². The Hall–Kier alpha value is -1.87. The first-order valence-corrected chi connectivity index (χ1v) is 5.53. The quantitative estimate of drug-likeness (QED) is 0.830. The Balaban J connectivity index is 2.25. The van der Waals surface area contributed by atoms with Crippen LogP contribution in [-0.2, 0) is 11.2 Å². The number of carbonyl (C=O) groups is 1. The van der Waals surface area contributed by atoms with Crippen LogP contribution in [0.25, 0.3) is 0 Å². The molecule has 0 fully saturated rings. The molecular formula is C14H15NO2. The highest BCUT2D eigenvalue weighted by Gasteiger charge is 2.37. The Labute approximate surface area is 100 Å². The number of allylic oxidation sites excluding steroid dienone is 2. The van der Waals surface area contributed by atoms with Gasteiger partial charge in [0, 0.05) is 0 Å². The first-order chi connectivity index (χ1) is 8.12. The Morgan fingerprint density at radius 1 is 1.29 bits per heavy atom. The molecule has 2 rings (SSSR count). The predicted molar refractivity (Wildman–Crippen MR) is 66.5 cm³/mol. The molecule has 0 bridgehead atoms. The largest absolute Gasteiger partial charge is 0.481 e. The summed E-state index contributed by atoms with van der Waals surface area (Å²) in [7, 11) is 0. The number of benzene rings is 1. The van der Waals surface area contributed by atoms with Crippen molar-refractivity contribution in [3.63, 3.8) is 0 Å². The molecular weight excluding hydrogens is 214 g/mol. The highest BCUT2D eigenvalue weighted by molar-refractivity contribution is 5.75. The number of rotatable bonds is 3. The van der Waals surface area contributed by atoms with Crippen LogP contribution in [0.5, 0.6) is 0 Å². The Morgan fingerprint density at radius 3 is 2.65 bits per heavy atom. The van der Waals surface area contributed by atoms with Gasteiger partial charge in [-0.25, -0.2) is 0 Å². The van der Waals surface area contributed by atoms with Crippen LogP contribution < -0.4 is 5.73 Å². The van der Waals surface area contributed by atoms with Crippen molar-refractivity contribution in [2.45, 2.75) is 12.0 Å². The average Bonchev–Trinajstić information content (AvgIpc) is 2.30. The summed E-state index contributed by atoms with van der Waals surface area (Å²) in [5.41, 5.74) is 6.41. The molecule has 17 heavy (non-hydrogen) atoms. The summed E-state index contributed by atoms with van der Waals surface area (Å²) < 4.78 is 0. The van der Waals surface area contributed by atoms with Crippen LogP contribution in [0.2, 0.25) is 0 Å². The zero-order valence-electron chi connectivity index (χ0n) is 9.41. The molecule has 0 aromatic heterocycles. The zero-order valence-corrected chi connectivity index (χ0v) is 9.41. The van der Waals surface area contributed by atoms with Gasteiger partial charge in [-0.3, -0.25) is 4.79 Å². The van der Waals surface area contributed by atoms with E-state index in [1.54, 1.807) is 18.2 Å². The van der Waals surface area contributed by atoms with Gasteiger partial charge in [-0.05, 0) is 12.0 Å². The molecule has 0 radical (unpaired) electrons. The van der Waals surface area contributed by atoms with Crippen LogP contribution in [0.1, 0.15) is 5.56 Å². The van der Waals surface area contributed by atoms with E-state index in [0.717, 1.165) is 5.56 Å². The number of carboxylic acids is 1. The lowest BCUT2D eigenvalue weighted by Crippen LogP contribution is -2.50. The topological polar surface area (TPSA) is 63.3 Å². The molecule has 0 spiro atoms. The third-order valence-corrected chi connectivity index (χ3v) is 3.02. The summed E-state index contributed by atoms with van der Waals surface area (Å²) in [5, 5.41) is 9.19. The molecule has 3 heteroatoms. The fourth-order valence-electron chi connectivity index (χ4n) is 2.12. The average molecular weight is 229 g/mol. The van der Waals surface area contributed by atoms with E-state index >= 15 is 0 Å². The summed E-state index contributed by atoms with van der Waals surface area (Å²) in [6, 6.07) is 9.70. The first-order valence-electron chi connectivity index (χ1n) is 5.53. The SMILES string of the molecule is NC1(Cc2ccccc2)C=CC=CC1C(=O)O. The molecule has 0 aliphatic heterocycles. The lowest BCUT2D eigenvalue weighted by Gasteiger charge is -2.32.